The van der Waals surface area contributed by atoms with E-state index in [4.69, 9.17) is 5.11 Å². The van der Waals surface area contributed by atoms with E-state index in [1.165, 1.54) is 0 Å². The molecular formula is C15H22N2O3. The first-order valence-electron chi connectivity index (χ1n) is 6.92. The van der Waals surface area contributed by atoms with Gasteiger partial charge in [-0.05, 0) is 38.8 Å². The lowest BCUT2D eigenvalue weighted by Crippen LogP contribution is -2.36. The first kappa shape index (κ1) is 16.1. The predicted molar refractivity (Wildman–Crippen MR) is 76.0 cm³/mol. The Bertz CT molecular complexity index is 432. The van der Waals surface area contributed by atoms with Crippen molar-refractivity contribution in [1.29, 1.82) is 0 Å². The number of carbonyl (C=O) groups excluding carboxylic acids is 1. The second kappa shape index (κ2) is 8.30. The number of unbranched alkanes of at least 4 members (excludes halogenated alkanes) is 1. The standard InChI is InChI=1S/C15H22N2O3/c1-12(2)17(11-13-7-5-6-10-16-13)14(18)8-3-4-9-15(19)20/h5-7,10,12H,3-4,8-9,11H2,1-2H3,(H,19,20). The lowest BCUT2D eigenvalue weighted by atomic mass is 10.1. The Labute approximate surface area is 119 Å². The van der Waals surface area contributed by atoms with Gasteiger partial charge in [0.2, 0.25) is 5.91 Å². The molecule has 0 aliphatic heterocycles. The summed E-state index contributed by atoms with van der Waals surface area (Å²) in [7, 11) is 0. The molecule has 0 fully saturated rings. The van der Waals surface area contributed by atoms with Gasteiger partial charge in [0.05, 0.1) is 12.2 Å². The molecule has 0 saturated carbocycles. The molecule has 0 atom stereocenters. The maximum absolute atomic E-state index is 12.2. The Hall–Kier alpha value is -1.91. The second-order valence-electron chi connectivity index (χ2n) is 5.04. The summed E-state index contributed by atoms with van der Waals surface area (Å²) in [5.74, 6) is -0.761. The van der Waals surface area contributed by atoms with E-state index < -0.39 is 5.97 Å². The number of nitrogens with zero attached hydrogens (tertiary/aromatic N) is 2. The van der Waals surface area contributed by atoms with E-state index in [0.717, 1.165) is 5.69 Å². The van der Waals surface area contributed by atoms with Gasteiger partial charge in [-0.25, -0.2) is 0 Å². The summed E-state index contributed by atoms with van der Waals surface area (Å²) < 4.78 is 0. The molecule has 5 heteroatoms. The van der Waals surface area contributed by atoms with Crippen molar-refractivity contribution in [3.63, 3.8) is 0 Å². The van der Waals surface area contributed by atoms with Crippen LogP contribution in [-0.4, -0.2) is 32.9 Å². The minimum Gasteiger partial charge on any atom is -0.481 e. The van der Waals surface area contributed by atoms with Gasteiger partial charge in [-0.2, -0.15) is 0 Å². The first-order valence-corrected chi connectivity index (χ1v) is 6.92. The molecule has 0 aromatic carbocycles. The van der Waals surface area contributed by atoms with Crippen molar-refractivity contribution in [2.75, 3.05) is 0 Å². The van der Waals surface area contributed by atoms with E-state index in [2.05, 4.69) is 4.98 Å². The van der Waals surface area contributed by atoms with Gasteiger partial charge in [-0.3, -0.25) is 14.6 Å². The molecule has 0 spiro atoms. The molecule has 110 valence electrons. The van der Waals surface area contributed by atoms with Crippen LogP contribution < -0.4 is 0 Å². The van der Waals surface area contributed by atoms with E-state index in [1.54, 1.807) is 11.1 Å². The molecule has 5 nitrogen and oxygen atoms in total. The van der Waals surface area contributed by atoms with Gasteiger partial charge in [0.15, 0.2) is 0 Å². The summed E-state index contributed by atoms with van der Waals surface area (Å²) in [6, 6.07) is 5.74. The molecular weight excluding hydrogens is 256 g/mol. The van der Waals surface area contributed by atoms with Crippen LogP contribution in [0.15, 0.2) is 24.4 Å². The third-order valence-electron chi connectivity index (χ3n) is 3.03. The quantitative estimate of drug-likeness (QED) is 0.741. The highest BCUT2D eigenvalue weighted by Crippen LogP contribution is 2.10. The van der Waals surface area contributed by atoms with Crippen LogP contribution in [0.25, 0.3) is 0 Å². The van der Waals surface area contributed by atoms with Crippen molar-refractivity contribution < 1.29 is 14.7 Å². The third kappa shape index (κ3) is 5.82. The molecule has 0 aliphatic rings. The molecule has 20 heavy (non-hydrogen) atoms. The fourth-order valence-electron chi connectivity index (χ4n) is 1.92. The number of aromatic nitrogens is 1. The normalized spacial score (nSPS) is 10.6. The molecule has 1 rings (SSSR count). The summed E-state index contributed by atoms with van der Waals surface area (Å²) in [6.45, 7) is 4.44. The van der Waals surface area contributed by atoms with Crippen LogP contribution in [0, 0.1) is 0 Å². The van der Waals surface area contributed by atoms with Crippen molar-refractivity contribution in [3.05, 3.63) is 30.1 Å². The van der Waals surface area contributed by atoms with Gasteiger partial charge >= 0.3 is 5.97 Å². The maximum Gasteiger partial charge on any atom is 0.303 e. The SMILES string of the molecule is CC(C)N(Cc1ccccn1)C(=O)CCCCC(=O)O. The van der Waals surface area contributed by atoms with E-state index in [1.807, 2.05) is 32.0 Å². The van der Waals surface area contributed by atoms with Crippen LogP contribution in [0.3, 0.4) is 0 Å². The summed E-state index contributed by atoms with van der Waals surface area (Å²) in [5.41, 5.74) is 0.861. The molecule has 1 N–H and O–H groups in total. The fraction of sp³-hybridized carbons (Fsp3) is 0.533. The van der Waals surface area contributed by atoms with Crippen LogP contribution >= 0.6 is 0 Å². The Morgan fingerprint density at radius 3 is 2.50 bits per heavy atom. The molecule has 1 aromatic heterocycles. The largest absolute Gasteiger partial charge is 0.481 e. The van der Waals surface area contributed by atoms with Gasteiger partial charge in [0.1, 0.15) is 0 Å². The monoisotopic (exact) mass is 278 g/mol. The van der Waals surface area contributed by atoms with Crippen LogP contribution in [0.4, 0.5) is 0 Å². The number of pyridine rings is 1. The van der Waals surface area contributed by atoms with Gasteiger partial charge in [-0.15, -0.1) is 0 Å². The predicted octanol–water partition coefficient (Wildman–Crippen LogP) is 2.46. The minimum absolute atomic E-state index is 0.0519. The van der Waals surface area contributed by atoms with Crippen molar-refractivity contribution in [3.8, 4) is 0 Å². The zero-order valence-electron chi connectivity index (χ0n) is 12.1. The number of hydrogen-bond acceptors (Lipinski definition) is 3. The second-order valence-corrected chi connectivity index (χ2v) is 5.04. The Morgan fingerprint density at radius 2 is 1.95 bits per heavy atom. The van der Waals surface area contributed by atoms with Crippen LogP contribution in [-0.2, 0) is 16.1 Å². The molecule has 1 aromatic rings. The van der Waals surface area contributed by atoms with Crippen molar-refractivity contribution in [1.82, 2.24) is 9.88 Å². The average Bonchev–Trinajstić information content (AvgIpc) is 2.41. The summed E-state index contributed by atoms with van der Waals surface area (Å²) in [5, 5.41) is 8.57. The highest BCUT2D eigenvalue weighted by molar-refractivity contribution is 5.76. The molecule has 0 radical (unpaired) electrons. The zero-order chi connectivity index (χ0) is 15.0. The highest BCUT2D eigenvalue weighted by Gasteiger charge is 2.17. The summed E-state index contributed by atoms with van der Waals surface area (Å²) in [6.07, 6.45) is 3.37. The molecule has 0 bridgehead atoms. The molecule has 0 unspecified atom stereocenters. The number of rotatable bonds is 8. The Balaban J connectivity index is 2.49. The van der Waals surface area contributed by atoms with Gasteiger partial charge in [0.25, 0.3) is 0 Å². The number of carbonyl (C=O) groups is 2. The summed E-state index contributed by atoms with van der Waals surface area (Å²) >= 11 is 0. The topological polar surface area (TPSA) is 70.5 Å². The van der Waals surface area contributed by atoms with E-state index >= 15 is 0 Å². The number of carboxylic acid groups (broad SMARTS) is 1. The lowest BCUT2D eigenvalue weighted by Gasteiger charge is -2.26. The Morgan fingerprint density at radius 1 is 1.25 bits per heavy atom. The molecule has 0 aliphatic carbocycles. The van der Waals surface area contributed by atoms with Gasteiger partial charge in [-0.1, -0.05) is 6.07 Å². The number of aliphatic carboxylic acids is 1. The van der Waals surface area contributed by atoms with Crippen LogP contribution in [0.5, 0.6) is 0 Å². The number of hydrogen-bond donors (Lipinski definition) is 1. The molecule has 0 saturated heterocycles. The number of carboxylic acids is 1. The maximum atomic E-state index is 12.2. The van der Waals surface area contributed by atoms with Crippen LogP contribution in [0.2, 0.25) is 0 Å². The molecule has 1 heterocycles. The van der Waals surface area contributed by atoms with E-state index in [0.29, 0.717) is 25.8 Å². The summed E-state index contributed by atoms with van der Waals surface area (Å²) in [4.78, 5) is 28.6. The smallest absolute Gasteiger partial charge is 0.303 e. The van der Waals surface area contributed by atoms with Crippen molar-refractivity contribution in [2.24, 2.45) is 0 Å². The van der Waals surface area contributed by atoms with Crippen molar-refractivity contribution >= 4 is 11.9 Å². The highest BCUT2D eigenvalue weighted by atomic mass is 16.4. The van der Waals surface area contributed by atoms with Gasteiger partial charge in [0, 0.05) is 25.1 Å². The van der Waals surface area contributed by atoms with E-state index in [9.17, 15) is 9.59 Å². The molecule has 1 amide bonds. The number of amides is 1. The zero-order valence-corrected chi connectivity index (χ0v) is 12.1. The third-order valence-corrected chi connectivity index (χ3v) is 3.03. The average molecular weight is 278 g/mol. The van der Waals surface area contributed by atoms with Gasteiger partial charge < -0.3 is 10.0 Å². The lowest BCUT2D eigenvalue weighted by molar-refractivity contribution is -0.138. The van der Waals surface area contributed by atoms with Crippen LogP contribution in [0.1, 0.15) is 45.2 Å². The first-order chi connectivity index (χ1) is 9.50. The van der Waals surface area contributed by atoms with Crippen molar-refractivity contribution in [2.45, 2.75) is 52.1 Å². The fourth-order valence-corrected chi connectivity index (χ4v) is 1.92. The Kier molecular flexibility index (Phi) is 6.70. The minimum atomic E-state index is -0.813. The van der Waals surface area contributed by atoms with E-state index in [-0.39, 0.29) is 18.4 Å².